The molecule has 0 aromatic carbocycles. The van der Waals surface area contributed by atoms with Crippen LogP contribution in [0.25, 0.3) is 0 Å². The highest BCUT2D eigenvalue weighted by Gasteiger charge is 2.51. The summed E-state index contributed by atoms with van der Waals surface area (Å²) in [5.41, 5.74) is -1.28. The van der Waals surface area contributed by atoms with Crippen LogP contribution in [0.2, 0.25) is 0 Å². The topological polar surface area (TPSA) is 148 Å². The molecule has 15 heteroatoms. The van der Waals surface area contributed by atoms with Gasteiger partial charge in [0.1, 0.15) is 6.23 Å². The second-order valence-corrected chi connectivity index (χ2v) is 9.44. The van der Waals surface area contributed by atoms with Crippen molar-refractivity contribution in [3.05, 3.63) is 33.1 Å². The molecule has 1 aromatic heterocycles. The number of hydrogen-bond acceptors (Lipinski definition) is 10. The summed E-state index contributed by atoms with van der Waals surface area (Å²) >= 11 is 5.07. The van der Waals surface area contributed by atoms with Crippen molar-refractivity contribution in [3.63, 3.8) is 0 Å². The summed E-state index contributed by atoms with van der Waals surface area (Å²) in [7, 11) is -1.85. The van der Waals surface area contributed by atoms with Gasteiger partial charge in [-0.15, -0.1) is 9.05 Å². The van der Waals surface area contributed by atoms with E-state index in [-0.39, 0.29) is 6.61 Å². The zero-order valence-electron chi connectivity index (χ0n) is 15.2. The third kappa shape index (κ3) is 5.83. The number of rotatable bonds is 10. The number of aromatic amines is 1. The van der Waals surface area contributed by atoms with Crippen LogP contribution in [0.1, 0.15) is 6.23 Å². The molecule has 2 N–H and O–H groups in total. The maximum absolute atomic E-state index is 12.2. The van der Waals surface area contributed by atoms with Crippen molar-refractivity contribution in [1.82, 2.24) is 9.55 Å². The molecule has 6 atom stereocenters. The molecule has 0 radical (unpaired) electrons. The molecule has 1 aliphatic heterocycles. The van der Waals surface area contributed by atoms with Gasteiger partial charge in [-0.2, -0.15) is 0 Å². The minimum absolute atomic E-state index is 0.0735. The van der Waals surface area contributed by atoms with Crippen molar-refractivity contribution < 1.29 is 37.2 Å². The maximum atomic E-state index is 12.2. The standard InChI is InChI=1S/C13H20N2O10P2S/c1-20-6-8-10(25-26(28)21-2)12(23-7-27(18,19)22-3)24-11(8)15-5-4-9(16)14-13(15)17/h4-5,8,10-12H,6-7H2,1-3H3,(H-,14,16,17,18,19)/p+1/t8-,10+,11-,12+/m1/s1. The molecular weight excluding hydrogens is 438 g/mol. The Morgan fingerprint density at radius 3 is 2.68 bits per heavy atom. The molecule has 12 nitrogen and oxygen atoms in total. The van der Waals surface area contributed by atoms with Crippen molar-refractivity contribution in [2.24, 2.45) is 5.92 Å². The zero-order chi connectivity index (χ0) is 20.9. The van der Waals surface area contributed by atoms with Crippen LogP contribution in [0.3, 0.4) is 0 Å². The first kappa shape index (κ1) is 23.4. The monoisotopic (exact) mass is 459 g/mol. The minimum atomic E-state index is -3.99. The third-order valence-electron chi connectivity index (χ3n) is 3.86. The normalized spacial score (nSPS) is 27.5. The summed E-state index contributed by atoms with van der Waals surface area (Å²) in [5, 5.41) is 0. The fourth-order valence-electron chi connectivity index (χ4n) is 2.57. The number of ether oxygens (including phenoxy) is 3. The molecule has 2 unspecified atom stereocenters. The van der Waals surface area contributed by atoms with Crippen LogP contribution in [-0.4, -0.2) is 61.1 Å². The average Bonchev–Trinajstić information content (AvgIpc) is 2.98. The van der Waals surface area contributed by atoms with E-state index >= 15 is 0 Å². The van der Waals surface area contributed by atoms with Crippen LogP contribution < -0.4 is 11.2 Å². The Kier molecular flexibility index (Phi) is 8.59. The summed E-state index contributed by atoms with van der Waals surface area (Å²) in [6.07, 6.45) is -2.45. The highest BCUT2D eigenvalue weighted by Crippen LogP contribution is 2.45. The zero-order valence-corrected chi connectivity index (χ0v) is 17.9. The van der Waals surface area contributed by atoms with Crippen LogP contribution in [0.5, 0.6) is 0 Å². The van der Waals surface area contributed by atoms with Crippen molar-refractivity contribution in [1.29, 1.82) is 0 Å². The molecule has 1 aliphatic rings. The van der Waals surface area contributed by atoms with E-state index in [4.69, 9.17) is 35.1 Å². The van der Waals surface area contributed by atoms with Crippen LogP contribution in [-0.2, 0) is 44.2 Å². The summed E-state index contributed by atoms with van der Waals surface area (Å²) in [6.45, 7) is 0.0735. The largest absolute Gasteiger partial charge is 0.521 e. The van der Waals surface area contributed by atoms with E-state index in [1.165, 1.54) is 20.4 Å². The first-order valence-electron chi connectivity index (χ1n) is 7.85. The van der Waals surface area contributed by atoms with Crippen LogP contribution in [0.15, 0.2) is 21.9 Å². The Morgan fingerprint density at radius 2 is 2.11 bits per heavy atom. The molecule has 2 rings (SSSR count). The van der Waals surface area contributed by atoms with E-state index in [0.29, 0.717) is 0 Å². The van der Waals surface area contributed by atoms with Gasteiger partial charge in [-0.1, -0.05) is 0 Å². The number of H-pyrrole nitrogens is 1. The van der Waals surface area contributed by atoms with Crippen molar-refractivity contribution in [3.8, 4) is 0 Å². The number of hydrogen-bond donors (Lipinski definition) is 2. The second kappa shape index (κ2) is 10.3. The molecule has 0 saturated carbocycles. The molecule has 1 aromatic rings. The molecule has 158 valence electrons. The lowest BCUT2D eigenvalue weighted by atomic mass is 10.0. The summed E-state index contributed by atoms with van der Waals surface area (Å²) in [5.74, 6) is -0.609. The summed E-state index contributed by atoms with van der Waals surface area (Å²) < 4.78 is 44.4. The molecule has 1 saturated heterocycles. The van der Waals surface area contributed by atoms with Crippen LogP contribution in [0, 0.1) is 5.92 Å². The van der Waals surface area contributed by atoms with Crippen LogP contribution in [0.4, 0.5) is 0 Å². The first-order chi connectivity index (χ1) is 13.2. The maximum Gasteiger partial charge on any atom is 0.521 e. The van der Waals surface area contributed by atoms with Gasteiger partial charge in [0.25, 0.3) is 5.56 Å². The van der Waals surface area contributed by atoms with Crippen molar-refractivity contribution >= 4 is 26.6 Å². The molecule has 0 aliphatic carbocycles. The number of aromatic nitrogens is 2. The molecule has 0 bridgehead atoms. The Labute approximate surface area is 165 Å². The first-order valence-corrected chi connectivity index (χ1v) is 11.8. The van der Waals surface area contributed by atoms with Gasteiger partial charge in [0.15, 0.2) is 18.7 Å². The van der Waals surface area contributed by atoms with Gasteiger partial charge in [0, 0.05) is 26.5 Å². The highest BCUT2D eigenvalue weighted by atomic mass is 32.4. The second-order valence-electron chi connectivity index (χ2n) is 5.62. The smallest absolute Gasteiger partial charge is 0.384 e. The van der Waals surface area contributed by atoms with Gasteiger partial charge in [-0.3, -0.25) is 18.9 Å². The van der Waals surface area contributed by atoms with E-state index < -0.39 is 56.9 Å². The summed E-state index contributed by atoms with van der Waals surface area (Å²) in [6, 6.07) is 1.15. The number of nitrogens with zero attached hydrogens (tertiary/aromatic N) is 1. The van der Waals surface area contributed by atoms with Gasteiger partial charge < -0.3 is 23.6 Å². The lowest BCUT2D eigenvalue weighted by molar-refractivity contribution is -0.164. The molecule has 1 fully saturated rings. The van der Waals surface area contributed by atoms with E-state index in [9.17, 15) is 19.0 Å². The molecule has 2 heterocycles. The van der Waals surface area contributed by atoms with E-state index in [1.54, 1.807) is 0 Å². The van der Waals surface area contributed by atoms with E-state index in [2.05, 4.69) is 9.51 Å². The highest BCUT2D eigenvalue weighted by molar-refractivity contribution is 8.00. The van der Waals surface area contributed by atoms with Gasteiger partial charge in [-0.05, 0) is 0 Å². The van der Waals surface area contributed by atoms with E-state index in [0.717, 1.165) is 17.7 Å². The quantitative estimate of drug-likeness (QED) is 0.465. The van der Waals surface area contributed by atoms with Gasteiger partial charge >= 0.3 is 20.4 Å². The minimum Gasteiger partial charge on any atom is -0.384 e. The van der Waals surface area contributed by atoms with Gasteiger partial charge in [-0.25, -0.2) is 4.79 Å². The molecule has 28 heavy (non-hydrogen) atoms. The fraction of sp³-hybridized carbons (Fsp3) is 0.692. The van der Waals surface area contributed by atoms with Crippen LogP contribution >= 0.6 is 14.7 Å². The predicted molar refractivity (Wildman–Crippen MR) is 99.6 cm³/mol. The Bertz CT molecular complexity index is 845. The Morgan fingerprint density at radius 1 is 1.39 bits per heavy atom. The summed E-state index contributed by atoms with van der Waals surface area (Å²) in [4.78, 5) is 35.2. The fourth-order valence-corrected chi connectivity index (χ4v) is 3.85. The number of nitrogens with one attached hydrogen (secondary N) is 1. The molecule has 0 amide bonds. The van der Waals surface area contributed by atoms with E-state index in [1.807, 2.05) is 0 Å². The molecular formula is C13H21N2O10P2S+. The van der Waals surface area contributed by atoms with Crippen molar-refractivity contribution in [2.45, 2.75) is 18.6 Å². The van der Waals surface area contributed by atoms with Gasteiger partial charge in [0.2, 0.25) is 11.8 Å². The average molecular weight is 459 g/mol. The Hall–Kier alpha value is -0.850. The Balaban J connectivity index is 2.36. The molecule has 0 spiro atoms. The number of methoxy groups -OCH3 is 1. The SMILES string of the molecule is COC[C@@H]1[C@H](O[P+](=S)OC)[C@@H](OCP(=O)(O)OC)O[C@H]1n1ccc(=O)[nH]c1=O. The third-order valence-corrected chi connectivity index (χ3v) is 6.32. The lowest BCUT2D eigenvalue weighted by Gasteiger charge is -2.20. The van der Waals surface area contributed by atoms with Gasteiger partial charge in [0.05, 0.1) is 19.6 Å². The predicted octanol–water partition coefficient (Wildman–Crippen LogP) is 0.265. The van der Waals surface area contributed by atoms with Crippen molar-refractivity contribution in [2.75, 3.05) is 34.3 Å². The lowest BCUT2D eigenvalue weighted by Crippen LogP contribution is -2.37.